The van der Waals surface area contributed by atoms with E-state index in [-0.39, 0.29) is 11.3 Å². The van der Waals surface area contributed by atoms with Gasteiger partial charge in [0.05, 0.1) is 18.4 Å². The van der Waals surface area contributed by atoms with Gasteiger partial charge in [-0.15, -0.1) is 0 Å². The number of halogens is 1. The summed E-state index contributed by atoms with van der Waals surface area (Å²) in [5.41, 5.74) is 12.6. The number of methoxy groups -OCH3 is 1. The summed E-state index contributed by atoms with van der Waals surface area (Å²) in [4.78, 5) is 11.3. The number of hydrogen-bond acceptors (Lipinski definition) is 4. The number of amides is 1. The molecule has 2 rings (SSSR count). The minimum absolute atomic E-state index is 0.137. The highest BCUT2D eigenvalue weighted by Crippen LogP contribution is 2.26. The second kappa shape index (κ2) is 5.48. The summed E-state index contributed by atoms with van der Waals surface area (Å²) in [5, 5.41) is 2.91. The fraction of sp³-hybridized carbons (Fsp3) is 0.0714. The lowest BCUT2D eigenvalue weighted by Gasteiger charge is -2.12. The van der Waals surface area contributed by atoms with Gasteiger partial charge >= 0.3 is 0 Å². The van der Waals surface area contributed by atoms with Crippen molar-refractivity contribution < 1.29 is 13.9 Å². The lowest BCUT2D eigenvalue weighted by atomic mass is 10.1. The van der Waals surface area contributed by atoms with Gasteiger partial charge in [0.25, 0.3) is 5.91 Å². The fourth-order valence-corrected chi connectivity index (χ4v) is 1.78. The van der Waals surface area contributed by atoms with Gasteiger partial charge in [-0.05, 0) is 30.3 Å². The van der Waals surface area contributed by atoms with Crippen LogP contribution in [0.25, 0.3) is 0 Å². The molecule has 0 aliphatic carbocycles. The van der Waals surface area contributed by atoms with Crippen molar-refractivity contribution in [1.29, 1.82) is 0 Å². The Morgan fingerprint density at radius 1 is 1.25 bits per heavy atom. The lowest BCUT2D eigenvalue weighted by molar-refractivity contribution is 0.100. The number of nitrogen functional groups attached to an aromatic ring is 1. The molecular weight excluding hydrogens is 261 g/mol. The Morgan fingerprint density at radius 2 is 2.00 bits per heavy atom. The normalized spacial score (nSPS) is 10.1. The van der Waals surface area contributed by atoms with Crippen LogP contribution in [0.15, 0.2) is 36.4 Å². The van der Waals surface area contributed by atoms with Gasteiger partial charge in [-0.1, -0.05) is 0 Å². The number of carbonyl (C=O) groups excluding carboxylic acids is 1. The standard InChI is InChI=1S/C14H14FN3O2/c1-20-13-5-3-9(7-11(13)15)18-12-6-8(16)2-4-10(12)14(17)19/h2-7,18H,16H2,1H3,(H2,17,19). The third-order valence-corrected chi connectivity index (χ3v) is 2.74. The van der Waals surface area contributed by atoms with Crippen LogP contribution in [0, 0.1) is 5.82 Å². The van der Waals surface area contributed by atoms with Crippen LogP contribution < -0.4 is 21.5 Å². The number of ether oxygens (including phenoxy) is 1. The number of carbonyl (C=O) groups is 1. The second-order valence-corrected chi connectivity index (χ2v) is 4.14. The first kappa shape index (κ1) is 13.7. The molecule has 0 atom stereocenters. The highest BCUT2D eigenvalue weighted by molar-refractivity contribution is 5.99. The molecule has 0 bridgehead atoms. The zero-order valence-electron chi connectivity index (χ0n) is 10.8. The van der Waals surface area contributed by atoms with Crippen molar-refractivity contribution in [3.05, 3.63) is 47.8 Å². The molecule has 20 heavy (non-hydrogen) atoms. The van der Waals surface area contributed by atoms with Gasteiger partial charge in [0, 0.05) is 17.4 Å². The summed E-state index contributed by atoms with van der Waals surface area (Å²) in [6.07, 6.45) is 0. The summed E-state index contributed by atoms with van der Waals surface area (Å²) in [6, 6.07) is 9.00. The van der Waals surface area contributed by atoms with E-state index in [1.54, 1.807) is 18.2 Å². The van der Waals surface area contributed by atoms with Gasteiger partial charge in [0.15, 0.2) is 11.6 Å². The maximum absolute atomic E-state index is 13.6. The summed E-state index contributed by atoms with van der Waals surface area (Å²) in [5.74, 6) is -0.971. The van der Waals surface area contributed by atoms with Crippen molar-refractivity contribution >= 4 is 23.0 Å². The highest BCUT2D eigenvalue weighted by atomic mass is 19.1. The van der Waals surface area contributed by atoms with Crippen LogP contribution in [0.4, 0.5) is 21.5 Å². The molecule has 0 unspecified atom stereocenters. The molecule has 0 aliphatic heterocycles. The molecule has 0 spiro atoms. The molecule has 0 saturated heterocycles. The number of nitrogens with two attached hydrogens (primary N) is 2. The lowest BCUT2D eigenvalue weighted by Crippen LogP contribution is -2.13. The van der Waals surface area contributed by atoms with Crippen molar-refractivity contribution in [2.24, 2.45) is 5.73 Å². The Hall–Kier alpha value is -2.76. The number of benzene rings is 2. The Kier molecular flexibility index (Phi) is 3.74. The Morgan fingerprint density at radius 3 is 2.60 bits per heavy atom. The maximum atomic E-state index is 13.6. The molecular formula is C14H14FN3O2. The molecule has 0 fully saturated rings. The van der Waals surface area contributed by atoms with Crippen molar-refractivity contribution in [3.63, 3.8) is 0 Å². The fourth-order valence-electron chi connectivity index (χ4n) is 1.78. The average Bonchev–Trinajstić information content (AvgIpc) is 2.38. The first-order valence-electron chi connectivity index (χ1n) is 5.81. The summed E-state index contributed by atoms with van der Waals surface area (Å²) in [7, 11) is 1.38. The van der Waals surface area contributed by atoms with E-state index in [1.807, 2.05) is 0 Å². The minimum Gasteiger partial charge on any atom is -0.494 e. The van der Waals surface area contributed by atoms with Crippen LogP contribution in [-0.4, -0.2) is 13.0 Å². The van der Waals surface area contributed by atoms with Crippen molar-refractivity contribution in [2.75, 3.05) is 18.2 Å². The molecule has 2 aromatic carbocycles. The van der Waals surface area contributed by atoms with Crippen molar-refractivity contribution in [2.45, 2.75) is 0 Å². The Bertz CT molecular complexity index is 659. The molecule has 0 saturated carbocycles. The van der Waals surface area contributed by atoms with Gasteiger partial charge in [-0.3, -0.25) is 4.79 Å². The number of primary amides is 1. The van der Waals surface area contributed by atoms with E-state index in [0.29, 0.717) is 17.1 Å². The van der Waals surface area contributed by atoms with E-state index in [2.05, 4.69) is 5.32 Å². The molecule has 0 aromatic heterocycles. The quantitative estimate of drug-likeness (QED) is 0.746. The van der Waals surface area contributed by atoms with E-state index in [9.17, 15) is 9.18 Å². The average molecular weight is 275 g/mol. The van der Waals surface area contributed by atoms with Crippen LogP contribution in [-0.2, 0) is 0 Å². The first-order chi connectivity index (χ1) is 9.51. The molecule has 104 valence electrons. The van der Waals surface area contributed by atoms with E-state index >= 15 is 0 Å². The monoisotopic (exact) mass is 275 g/mol. The third kappa shape index (κ3) is 2.80. The topological polar surface area (TPSA) is 90.4 Å². The van der Waals surface area contributed by atoms with Gasteiger partial charge in [-0.25, -0.2) is 4.39 Å². The zero-order valence-corrected chi connectivity index (χ0v) is 10.8. The van der Waals surface area contributed by atoms with Crippen LogP contribution in [0.3, 0.4) is 0 Å². The Balaban J connectivity index is 2.36. The summed E-state index contributed by atoms with van der Waals surface area (Å²) in [6.45, 7) is 0. The maximum Gasteiger partial charge on any atom is 0.250 e. The molecule has 1 amide bonds. The van der Waals surface area contributed by atoms with Gasteiger partial charge in [0.1, 0.15) is 0 Å². The largest absolute Gasteiger partial charge is 0.494 e. The number of anilines is 3. The summed E-state index contributed by atoms with van der Waals surface area (Å²) >= 11 is 0. The molecule has 0 aliphatic rings. The first-order valence-corrected chi connectivity index (χ1v) is 5.81. The Labute approximate surface area is 115 Å². The highest BCUT2D eigenvalue weighted by Gasteiger charge is 2.10. The van der Waals surface area contributed by atoms with Crippen LogP contribution >= 0.6 is 0 Å². The number of rotatable bonds is 4. The smallest absolute Gasteiger partial charge is 0.250 e. The van der Waals surface area contributed by atoms with Gasteiger partial charge in [0.2, 0.25) is 0 Å². The molecule has 2 aromatic rings. The number of nitrogens with one attached hydrogen (secondary N) is 1. The van der Waals surface area contributed by atoms with E-state index < -0.39 is 11.7 Å². The van der Waals surface area contributed by atoms with Crippen LogP contribution in [0.1, 0.15) is 10.4 Å². The van der Waals surface area contributed by atoms with E-state index in [0.717, 1.165) is 0 Å². The third-order valence-electron chi connectivity index (χ3n) is 2.74. The van der Waals surface area contributed by atoms with Gasteiger partial charge < -0.3 is 21.5 Å². The van der Waals surface area contributed by atoms with Crippen molar-refractivity contribution in [3.8, 4) is 5.75 Å². The molecule has 0 radical (unpaired) electrons. The predicted octanol–water partition coefficient (Wildman–Crippen LogP) is 2.26. The molecule has 6 heteroatoms. The van der Waals surface area contributed by atoms with Crippen LogP contribution in [0.2, 0.25) is 0 Å². The van der Waals surface area contributed by atoms with Gasteiger partial charge in [-0.2, -0.15) is 0 Å². The molecule has 5 N–H and O–H groups in total. The summed E-state index contributed by atoms with van der Waals surface area (Å²) < 4.78 is 18.4. The minimum atomic E-state index is -0.596. The number of hydrogen-bond donors (Lipinski definition) is 3. The van der Waals surface area contributed by atoms with Crippen molar-refractivity contribution in [1.82, 2.24) is 0 Å². The predicted molar refractivity (Wildman–Crippen MR) is 75.6 cm³/mol. The van der Waals surface area contributed by atoms with Crippen LogP contribution in [0.5, 0.6) is 5.75 Å². The molecule has 5 nitrogen and oxygen atoms in total. The second-order valence-electron chi connectivity index (χ2n) is 4.14. The van der Waals surface area contributed by atoms with E-state index in [4.69, 9.17) is 16.2 Å². The van der Waals surface area contributed by atoms with E-state index in [1.165, 1.54) is 25.3 Å². The zero-order chi connectivity index (χ0) is 14.7. The molecule has 0 heterocycles. The SMILES string of the molecule is COc1ccc(Nc2cc(N)ccc2C(N)=O)cc1F.